The number of aromatic nitrogens is 2. The molecule has 1 unspecified atom stereocenters. The van der Waals surface area contributed by atoms with Crippen LogP contribution < -0.4 is 16.0 Å². The predicted octanol–water partition coefficient (Wildman–Crippen LogP) is 0.397. The van der Waals surface area contributed by atoms with Gasteiger partial charge in [0, 0.05) is 25.5 Å². The van der Waals surface area contributed by atoms with Gasteiger partial charge in [0.2, 0.25) is 5.91 Å². The van der Waals surface area contributed by atoms with Gasteiger partial charge in [-0.2, -0.15) is 5.10 Å². The van der Waals surface area contributed by atoms with Crippen LogP contribution in [0.2, 0.25) is 0 Å². The van der Waals surface area contributed by atoms with Gasteiger partial charge in [-0.25, -0.2) is 0 Å². The molecule has 120 valence electrons. The fraction of sp³-hybridized carbons (Fsp3) is 0.500. The zero-order chi connectivity index (χ0) is 16.3. The fourth-order valence-electron chi connectivity index (χ4n) is 2.11. The second kappa shape index (κ2) is 6.89. The van der Waals surface area contributed by atoms with Gasteiger partial charge in [0.15, 0.2) is 0 Å². The second-order valence-electron chi connectivity index (χ2n) is 5.13. The summed E-state index contributed by atoms with van der Waals surface area (Å²) in [6, 6.07) is 1.25. The van der Waals surface area contributed by atoms with Crippen LogP contribution in [0.4, 0.5) is 0 Å². The van der Waals surface area contributed by atoms with Crippen LogP contribution in [0.25, 0.3) is 10.2 Å². The number of hydrogen-bond acceptors (Lipinski definition) is 5. The zero-order valence-electron chi connectivity index (χ0n) is 13.2. The number of hydrogen-bond donors (Lipinski definition) is 3. The lowest BCUT2D eigenvalue weighted by molar-refractivity contribution is -0.122. The first-order chi connectivity index (χ1) is 10.4. The summed E-state index contributed by atoms with van der Waals surface area (Å²) >= 11 is 1.37. The van der Waals surface area contributed by atoms with Crippen LogP contribution in [0.1, 0.15) is 22.3 Å². The number of thiophene rings is 1. The predicted molar refractivity (Wildman–Crippen MR) is 87.2 cm³/mol. The largest absolute Gasteiger partial charge is 0.353 e. The lowest BCUT2D eigenvalue weighted by atomic mass is 10.2. The van der Waals surface area contributed by atoms with Crippen LogP contribution in [0.15, 0.2) is 6.07 Å². The van der Waals surface area contributed by atoms with Gasteiger partial charge in [-0.1, -0.05) is 0 Å². The Hall–Kier alpha value is -1.93. The molecule has 0 aliphatic rings. The van der Waals surface area contributed by atoms with E-state index in [9.17, 15) is 9.59 Å². The lowest BCUT2D eigenvalue weighted by Crippen LogP contribution is -2.45. The van der Waals surface area contributed by atoms with Crippen molar-refractivity contribution in [3.05, 3.63) is 16.6 Å². The van der Waals surface area contributed by atoms with Crippen molar-refractivity contribution in [1.82, 2.24) is 25.7 Å². The summed E-state index contributed by atoms with van der Waals surface area (Å²) in [5.74, 6) is -0.431. The minimum Gasteiger partial charge on any atom is -0.353 e. The van der Waals surface area contributed by atoms with E-state index in [0.29, 0.717) is 18.0 Å². The molecule has 1 atom stereocenters. The summed E-state index contributed by atoms with van der Waals surface area (Å²) in [7, 11) is 3.67. The third-order valence-corrected chi connectivity index (χ3v) is 4.54. The van der Waals surface area contributed by atoms with Crippen molar-refractivity contribution in [2.24, 2.45) is 7.05 Å². The fourth-order valence-corrected chi connectivity index (χ4v) is 3.14. The van der Waals surface area contributed by atoms with Gasteiger partial charge < -0.3 is 16.0 Å². The van der Waals surface area contributed by atoms with Gasteiger partial charge in [0.1, 0.15) is 10.9 Å². The molecule has 0 aromatic carbocycles. The molecule has 7 nitrogen and oxygen atoms in total. The first kappa shape index (κ1) is 16.4. The summed E-state index contributed by atoms with van der Waals surface area (Å²) in [6.45, 7) is 4.81. The Kier molecular flexibility index (Phi) is 5.15. The molecule has 0 bridgehead atoms. The summed E-state index contributed by atoms with van der Waals surface area (Å²) in [6.07, 6.45) is 0. The van der Waals surface area contributed by atoms with E-state index >= 15 is 0 Å². The van der Waals surface area contributed by atoms with Gasteiger partial charge in [0.05, 0.1) is 10.6 Å². The quantitative estimate of drug-likeness (QED) is 0.671. The van der Waals surface area contributed by atoms with E-state index in [1.165, 1.54) is 11.3 Å². The maximum Gasteiger partial charge on any atom is 0.262 e. The van der Waals surface area contributed by atoms with Crippen molar-refractivity contribution in [2.75, 3.05) is 20.1 Å². The standard InChI is InChI=1S/C14H21N5O2S/c1-8-10-7-11(22-14(10)19(4)18-8)13(21)17-9(2)12(20)16-6-5-15-3/h7,9,15H,5-6H2,1-4H3,(H,16,20)(H,17,21). The number of amides is 2. The average molecular weight is 323 g/mol. The molecule has 0 saturated carbocycles. The summed E-state index contributed by atoms with van der Waals surface area (Å²) in [4.78, 5) is 25.6. The Labute approximate surface area is 133 Å². The third-order valence-electron chi connectivity index (χ3n) is 3.34. The van der Waals surface area contributed by atoms with E-state index in [-0.39, 0.29) is 11.8 Å². The number of nitrogens with one attached hydrogen (secondary N) is 3. The number of fused-ring (bicyclic) bond motifs is 1. The van der Waals surface area contributed by atoms with Crippen molar-refractivity contribution < 1.29 is 9.59 Å². The molecule has 0 fully saturated rings. The minimum atomic E-state index is -0.575. The highest BCUT2D eigenvalue weighted by Crippen LogP contribution is 2.27. The molecule has 0 spiro atoms. The molecule has 0 aliphatic carbocycles. The molecule has 8 heteroatoms. The Morgan fingerprint density at radius 3 is 2.77 bits per heavy atom. The SMILES string of the molecule is CNCCNC(=O)C(C)NC(=O)c1cc2c(C)nn(C)c2s1. The van der Waals surface area contributed by atoms with E-state index < -0.39 is 6.04 Å². The number of likely N-dealkylation sites (N-methyl/N-ethyl adjacent to an activating group) is 1. The highest BCUT2D eigenvalue weighted by atomic mass is 32.1. The number of carbonyl (C=O) groups excluding carboxylic acids is 2. The highest BCUT2D eigenvalue weighted by Gasteiger charge is 2.19. The Bertz CT molecular complexity index is 656. The van der Waals surface area contributed by atoms with E-state index in [1.807, 2.05) is 27.1 Å². The average Bonchev–Trinajstić information content (AvgIpc) is 3.01. The van der Waals surface area contributed by atoms with Crippen molar-refractivity contribution >= 4 is 33.4 Å². The third kappa shape index (κ3) is 3.45. The van der Waals surface area contributed by atoms with E-state index in [0.717, 1.165) is 15.9 Å². The molecular formula is C14H21N5O2S. The van der Waals surface area contributed by atoms with Gasteiger partial charge in [-0.3, -0.25) is 14.3 Å². The van der Waals surface area contributed by atoms with Crippen LogP contribution in [-0.4, -0.2) is 47.8 Å². The summed E-state index contributed by atoms with van der Waals surface area (Å²) in [5.41, 5.74) is 0.894. The molecule has 3 N–H and O–H groups in total. The topological polar surface area (TPSA) is 88.0 Å². The first-order valence-electron chi connectivity index (χ1n) is 7.10. The van der Waals surface area contributed by atoms with Crippen molar-refractivity contribution in [3.8, 4) is 0 Å². The molecule has 0 aliphatic heterocycles. The van der Waals surface area contributed by atoms with E-state index in [4.69, 9.17) is 0 Å². The molecular weight excluding hydrogens is 302 g/mol. The molecule has 22 heavy (non-hydrogen) atoms. The molecule has 0 radical (unpaired) electrons. The van der Waals surface area contributed by atoms with Crippen LogP contribution in [0, 0.1) is 6.92 Å². The zero-order valence-corrected chi connectivity index (χ0v) is 14.0. The van der Waals surface area contributed by atoms with Gasteiger partial charge in [-0.15, -0.1) is 11.3 Å². The molecule has 2 rings (SSSR count). The highest BCUT2D eigenvalue weighted by molar-refractivity contribution is 7.20. The normalized spacial score (nSPS) is 12.4. The maximum atomic E-state index is 12.3. The van der Waals surface area contributed by atoms with Gasteiger partial charge >= 0.3 is 0 Å². The van der Waals surface area contributed by atoms with E-state index in [2.05, 4.69) is 21.0 Å². The lowest BCUT2D eigenvalue weighted by Gasteiger charge is -2.13. The molecule has 2 aromatic rings. The van der Waals surface area contributed by atoms with Crippen molar-refractivity contribution in [3.63, 3.8) is 0 Å². The molecule has 2 aromatic heterocycles. The van der Waals surface area contributed by atoms with Crippen LogP contribution >= 0.6 is 11.3 Å². The van der Waals surface area contributed by atoms with Crippen molar-refractivity contribution in [1.29, 1.82) is 0 Å². The smallest absolute Gasteiger partial charge is 0.262 e. The number of nitrogens with zero attached hydrogens (tertiary/aromatic N) is 2. The van der Waals surface area contributed by atoms with E-state index in [1.54, 1.807) is 11.6 Å². The Morgan fingerprint density at radius 1 is 1.41 bits per heavy atom. The summed E-state index contributed by atoms with van der Waals surface area (Å²) < 4.78 is 1.76. The van der Waals surface area contributed by atoms with Gasteiger partial charge in [0.25, 0.3) is 5.91 Å². The van der Waals surface area contributed by atoms with Crippen molar-refractivity contribution in [2.45, 2.75) is 19.9 Å². The van der Waals surface area contributed by atoms with Crippen LogP contribution in [0.5, 0.6) is 0 Å². The second-order valence-corrected chi connectivity index (χ2v) is 6.16. The summed E-state index contributed by atoms with van der Waals surface area (Å²) in [5, 5.41) is 13.7. The maximum absolute atomic E-state index is 12.3. The Morgan fingerprint density at radius 2 is 2.14 bits per heavy atom. The minimum absolute atomic E-state index is 0.192. The monoisotopic (exact) mass is 323 g/mol. The molecule has 2 heterocycles. The first-order valence-corrected chi connectivity index (χ1v) is 7.92. The molecule has 2 amide bonds. The number of carbonyl (C=O) groups is 2. The number of rotatable bonds is 6. The Balaban J connectivity index is 2.01. The number of aryl methyl sites for hydroxylation is 2. The van der Waals surface area contributed by atoms with Crippen LogP contribution in [0.3, 0.4) is 0 Å². The molecule has 0 saturated heterocycles. The van der Waals surface area contributed by atoms with Gasteiger partial charge in [-0.05, 0) is 27.0 Å². The van der Waals surface area contributed by atoms with Crippen LogP contribution in [-0.2, 0) is 11.8 Å².